The molecular formula is C16H20N4O. The van der Waals surface area contributed by atoms with Gasteiger partial charge in [-0.25, -0.2) is 4.98 Å². The first-order valence-corrected chi connectivity index (χ1v) is 7.72. The summed E-state index contributed by atoms with van der Waals surface area (Å²) in [6.45, 7) is 1.95. The van der Waals surface area contributed by atoms with Crippen LogP contribution in [0.5, 0.6) is 0 Å². The lowest BCUT2D eigenvalue weighted by Crippen LogP contribution is -2.26. The van der Waals surface area contributed by atoms with Gasteiger partial charge in [-0.05, 0) is 44.7 Å². The summed E-state index contributed by atoms with van der Waals surface area (Å²) in [5, 5.41) is 3.08. The van der Waals surface area contributed by atoms with E-state index in [1.807, 2.05) is 25.1 Å². The second kappa shape index (κ2) is 4.56. The monoisotopic (exact) mass is 284 g/mol. The molecule has 2 saturated carbocycles. The van der Waals surface area contributed by atoms with Gasteiger partial charge in [0.1, 0.15) is 5.82 Å². The Hall–Kier alpha value is -1.88. The van der Waals surface area contributed by atoms with E-state index in [1.165, 1.54) is 0 Å². The van der Waals surface area contributed by atoms with Crippen molar-refractivity contribution >= 4 is 16.9 Å². The average Bonchev–Trinajstić information content (AvgIpc) is 3.37. The molecule has 110 valence electrons. The fraction of sp³-hybridized carbons (Fsp3) is 0.500. The van der Waals surface area contributed by atoms with Gasteiger partial charge in [0.25, 0.3) is 5.91 Å². The minimum atomic E-state index is -0.127. The van der Waals surface area contributed by atoms with Crippen LogP contribution in [-0.4, -0.2) is 21.5 Å². The number of amides is 1. The van der Waals surface area contributed by atoms with Crippen molar-refractivity contribution in [3.63, 3.8) is 0 Å². The molecule has 0 bridgehead atoms. The van der Waals surface area contributed by atoms with Crippen LogP contribution >= 0.6 is 0 Å². The summed E-state index contributed by atoms with van der Waals surface area (Å²) in [7, 11) is 0. The van der Waals surface area contributed by atoms with Crippen LogP contribution in [-0.2, 0) is 0 Å². The molecule has 1 amide bonds. The summed E-state index contributed by atoms with van der Waals surface area (Å²) < 4.78 is 2.20. The molecule has 1 aromatic heterocycles. The predicted octanol–water partition coefficient (Wildman–Crippen LogP) is 2.28. The number of hydrogen-bond donors (Lipinski definition) is 2. The molecule has 0 aliphatic heterocycles. The molecule has 0 spiro atoms. The van der Waals surface area contributed by atoms with Crippen molar-refractivity contribution < 1.29 is 4.79 Å². The van der Waals surface area contributed by atoms with Gasteiger partial charge in [0.15, 0.2) is 0 Å². The minimum Gasteiger partial charge on any atom is -0.349 e. The van der Waals surface area contributed by atoms with Gasteiger partial charge >= 0.3 is 0 Å². The van der Waals surface area contributed by atoms with Crippen molar-refractivity contribution in [2.75, 3.05) is 0 Å². The molecule has 2 aliphatic rings. The molecule has 2 aliphatic carbocycles. The molecule has 0 saturated heterocycles. The first-order chi connectivity index (χ1) is 10.1. The maximum atomic E-state index is 12.5. The lowest BCUT2D eigenvalue weighted by Gasteiger charge is -2.12. The Kier molecular flexibility index (Phi) is 2.79. The molecular weight excluding hydrogens is 264 g/mol. The Morgan fingerprint density at radius 3 is 2.76 bits per heavy atom. The number of nitrogens with two attached hydrogens (primary N) is 1. The number of para-hydroxylation sites is 1. The molecule has 2 fully saturated rings. The van der Waals surface area contributed by atoms with E-state index in [9.17, 15) is 4.79 Å². The fourth-order valence-electron chi connectivity index (χ4n) is 2.86. The Labute approximate surface area is 123 Å². The van der Waals surface area contributed by atoms with E-state index in [0.29, 0.717) is 12.1 Å². The van der Waals surface area contributed by atoms with Crippen LogP contribution in [0.15, 0.2) is 18.2 Å². The molecule has 5 nitrogen and oxygen atoms in total. The molecule has 2 aromatic rings. The summed E-state index contributed by atoms with van der Waals surface area (Å²) in [4.78, 5) is 17.2. The van der Waals surface area contributed by atoms with Crippen LogP contribution in [0.2, 0.25) is 0 Å². The third-order valence-electron chi connectivity index (χ3n) is 4.21. The SMILES string of the molecule is CC(N)c1nc2cccc(C(=O)NC3CC3)c2n1C1CC1. The van der Waals surface area contributed by atoms with Gasteiger partial charge in [0, 0.05) is 12.1 Å². The highest BCUT2D eigenvalue weighted by atomic mass is 16.1. The third-order valence-corrected chi connectivity index (χ3v) is 4.21. The molecule has 21 heavy (non-hydrogen) atoms. The highest BCUT2D eigenvalue weighted by Gasteiger charge is 2.32. The van der Waals surface area contributed by atoms with E-state index >= 15 is 0 Å². The van der Waals surface area contributed by atoms with Crippen LogP contribution in [0.3, 0.4) is 0 Å². The number of imidazole rings is 1. The van der Waals surface area contributed by atoms with Crippen LogP contribution < -0.4 is 11.1 Å². The van der Waals surface area contributed by atoms with E-state index in [4.69, 9.17) is 5.73 Å². The number of aromatic nitrogens is 2. The maximum Gasteiger partial charge on any atom is 0.253 e. The predicted molar refractivity (Wildman–Crippen MR) is 81.1 cm³/mol. The van der Waals surface area contributed by atoms with E-state index in [-0.39, 0.29) is 11.9 Å². The standard InChI is InChI=1S/C16H20N4O/c1-9(17)15-19-13-4-2-3-12(16(21)18-10-5-6-10)14(13)20(15)11-7-8-11/h2-4,9-11H,5-8,17H2,1H3,(H,18,21). The largest absolute Gasteiger partial charge is 0.349 e. The van der Waals surface area contributed by atoms with E-state index in [2.05, 4.69) is 14.9 Å². The van der Waals surface area contributed by atoms with Gasteiger partial charge in [-0.2, -0.15) is 0 Å². The van der Waals surface area contributed by atoms with Crippen molar-refractivity contribution in [1.82, 2.24) is 14.9 Å². The molecule has 1 heterocycles. The smallest absolute Gasteiger partial charge is 0.253 e. The summed E-state index contributed by atoms with van der Waals surface area (Å²) in [5.74, 6) is 0.903. The number of carbonyl (C=O) groups is 1. The molecule has 3 N–H and O–H groups in total. The number of rotatable bonds is 4. The normalized spacial score (nSPS) is 19.7. The Bertz CT molecular complexity index is 710. The van der Waals surface area contributed by atoms with Crippen LogP contribution in [0.1, 0.15) is 60.9 Å². The van der Waals surface area contributed by atoms with Crippen LogP contribution in [0.25, 0.3) is 11.0 Å². The highest BCUT2D eigenvalue weighted by molar-refractivity contribution is 6.05. The summed E-state index contributed by atoms with van der Waals surface area (Å²) in [6.07, 6.45) is 4.47. The topological polar surface area (TPSA) is 72.9 Å². The average molecular weight is 284 g/mol. The van der Waals surface area contributed by atoms with Gasteiger partial charge in [-0.15, -0.1) is 0 Å². The molecule has 0 radical (unpaired) electrons. The van der Waals surface area contributed by atoms with E-state index < -0.39 is 0 Å². The number of nitrogens with zero attached hydrogens (tertiary/aromatic N) is 2. The number of carbonyl (C=O) groups excluding carboxylic acids is 1. The Balaban J connectivity index is 1.87. The van der Waals surface area contributed by atoms with Crippen molar-refractivity contribution in [3.8, 4) is 0 Å². The van der Waals surface area contributed by atoms with Crippen LogP contribution in [0.4, 0.5) is 0 Å². The zero-order valence-corrected chi connectivity index (χ0v) is 12.2. The number of hydrogen-bond acceptors (Lipinski definition) is 3. The molecule has 1 unspecified atom stereocenters. The molecule has 4 rings (SSSR count). The summed E-state index contributed by atoms with van der Waals surface area (Å²) >= 11 is 0. The quantitative estimate of drug-likeness (QED) is 0.904. The fourth-order valence-corrected chi connectivity index (χ4v) is 2.86. The molecule has 1 aromatic carbocycles. The lowest BCUT2D eigenvalue weighted by molar-refractivity contribution is 0.0952. The van der Waals surface area contributed by atoms with Crippen LogP contribution in [0, 0.1) is 0 Å². The third kappa shape index (κ3) is 2.21. The Morgan fingerprint density at radius 1 is 1.38 bits per heavy atom. The first-order valence-electron chi connectivity index (χ1n) is 7.72. The lowest BCUT2D eigenvalue weighted by atomic mass is 10.1. The van der Waals surface area contributed by atoms with E-state index in [0.717, 1.165) is 48.1 Å². The maximum absolute atomic E-state index is 12.5. The van der Waals surface area contributed by atoms with E-state index in [1.54, 1.807) is 0 Å². The zero-order chi connectivity index (χ0) is 14.6. The second-order valence-electron chi connectivity index (χ2n) is 6.28. The van der Waals surface area contributed by atoms with Gasteiger partial charge < -0.3 is 15.6 Å². The van der Waals surface area contributed by atoms with Crippen molar-refractivity contribution in [3.05, 3.63) is 29.6 Å². The van der Waals surface area contributed by atoms with Gasteiger partial charge in [-0.1, -0.05) is 6.07 Å². The van der Waals surface area contributed by atoms with Crippen molar-refractivity contribution in [2.45, 2.75) is 50.7 Å². The Morgan fingerprint density at radius 2 is 2.14 bits per heavy atom. The second-order valence-corrected chi connectivity index (χ2v) is 6.28. The van der Waals surface area contributed by atoms with Crippen molar-refractivity contribution in [2.24, 2.45) is 5.73 Å². The molecule has 5 heteroatoms. The van der Waals surface area contributed by atoms with Gasteiger partial charge in [0.05, 0.1) is 22.6 Å². The number of nitrogens with one attached hydrogen (secondary N) is 1. The van der Waals surface area contributed by atoms with Gasteiger partial charge in [-0.3, -0.25) is 4.79 Å². The summed E-state index contributed by atoms with van der Waals surface area (Å²) in [5.41, 5.74) is 8.63. The number of benzene rings is 1. The van der Waals surface area contributed by atoms with Crippen molar-refractivity contribution in [1.29, 1.82) is 0 Å². The highest BCUT2D eigenvalue weighted by Crippen LogP contribution is 2.40. The first kappa shape index (κ1) is 12.8. The summed E-state index contributed by atoms with van der Waals surface area (Å²) in [6, 6.07) is 6.44. The molecule has 1 atom stereocenters. The minimum absolute atomic E-state index is 0.0149. The van der Waals surface area contributed by atoms with Gasteiger partial charge in [0.2, 0.25) is 0 Å². The number of fused-ring (bicyclic) bond motifs is 1. The zero-order valence-electron chi connectivity index (χ0n) is 12.2.